The molecular weight excluding hydrogens is 404 g/mol. The van der Waals surface area contributed by atoms with Crippen LogP contribution in [0.5, 0.6) is 0 Å². The Morgan fingerprint density at radius 3 is 2.50 bits per heavy atom. The van der Waals surface area contributed by atoms with E-state index in [4.69, 9.17) is 9.47 Å². The predicted molar refractivity (Wildman–Crippen MR) is 122 cm³/mol. The summed E-state index contributed by atoms with van der Waals surface area (Å²) in [6.07, 6.45) is 9.26. The predicted octanol–water partition coefficient (Wildman–Crippen LogP) is 5.35. The molecule has 9 unspecified atom stereocenters. The van der Waals surface area contributed by atoms with Crippen LogP contribution in [0.3, 0.4) is 0 Å². The summed E-state index contributed by atoms with van der Waals surface area (Å²) in [5.41, 5.74) is 0.411. The van der Waals surface area contributed by atoms with Gasteiger partial charge in [-0.1, -0.05) is 20.8 Å². The van der Waals surface area contributed by atoms with Gasteiger partial charge in [-0.05, 0) is 85.4 Å². The third-order valence-corrected chi connectivity index (χ3v) is 10.6. The molecule has 180 valence electrons. The molecule has 4 saturated carbocycles. The van der Waals surface area contributed by atoms with Crippen LogP contribution in [0.1, 0.15) is 91.9 Å². The fourth-order valence-electron chi connectivity index (χ4n) is 8.95. The third kappa shape index (κ3) is 3.92. The SMILES string of the molecule is COC(=O)CCC(C)C1CCC2C3C(OC(C)=O)CC4CC(=O)CCC4(C)C3CCC12C. The van der Waals surface area contributed by atoms with Crippen molar-refractivity contribution in [3.8, 4) is 0 Å². The van der Waals surface area contributed by atoms with Gasteiger partial charge in [0.1, 0.15) is 11.9 Å². The summed E-state index contributed by atoms with van der Waals surface area (Å²) in [6, 6.07) is 0. The second-order valence-corrected chi connectivity index (χ2v) is 11.9. The van der Waals surface area contributed by atoms with Gasteiger partial charge in [0.2, 0.25) is 0 Å². The largest absolute Gasteiger partial charge is 0.469 e. The molecule has 5 heteroatoms. The smallest absolute Gasteiger partial charge is 0.305 e. The average Bonchev–Trinajstić information content (AvgIpc) is 3.09. The van der Waals surface area contributed by atoms with E-state index in [1.54, 1.807) is 0 Å². The Morgan fingerprint density at radius 2 is 1.81 bits per heavy atom. The number of Topliss-reactive ketones (excluding diaryl/α,β-unsaturated/α-hetero) is 1. The molecule has 4 aliphatic rings. The third-order valence-electron chi connectivity index (χ3n) is 10.6. The van der Waals surface area contributed by atoms with Gasteiger partial charge in [0.25, 0.3) is 0 Å². The Bertz CT molecular complexity index is 761. The molecule has 0 aromatic carbocycles. The molecule has 9 atom stereocenters. The number of carbonyl (C=O) groups excluding carboxylic acids is 3. The molecule has 0 heterocycles. The van der Waals surface area contributed by atoms with Gasteiger partial charge in [0.05, 0.1) is 7.11 Å². The Morgan fingerprint density at radius 1 is 1.09 bits per heavy atom. The summed E-state index contributed by atoms with van der Waals surface area (Å²) in [4.78, 5) is 36.1. The van der Waals surface area contributed by atoms with Crippen LogP contribution < -0.4 is 0 Å². The van der Waals surface area contributed by atoms with Crippen molar-refractivity contribution in [2.24, 2.45) is 46.3 Å². The summed E-state index contributed by atoms with van der Waals surface area (Å²) in [5, 5.41) is 0. The molecule has 0 amide bonds. The first-order valence-corrected chi connectivity index (χ1v) is 12.9. The van der Waals surface area contributed by atoms with E-state index in [0.717, 1.165) is 25.7 Å². The molecule has 0 aliphatic heterocycles. The molecule has 4 aliphatic carbocycles. The molecule has 0 radical (unpaired) electrons. The van der Waals surface area contributed by atoms with E-state index >= 15 is 0 Å². The molecule has 0 bridgehead atoms. The van der Waals surface area contributed by atoms with Crippen LogP contribution in [0.2, 0.25) is 0 Å². The summed E-state index contributed by atoms with van der Waals surface area (Å²) < 4.78 is 10.9. The number of rotatable bonds is 5. The number of hydrogen-bond donors (Lipinski definition) is 0. The highest BCUT2D eigenvalue weighted by molar-refractivity contribution is 5.79. The fourth-order valence-corrected chi connectivity index (χ4v) is 8.95. The van der Waals surface area contributed by atoms with E-state index in [9.17, 15) is 14.4 Å². The minimum Gasteiger partial charge on any atom is -0.469 e. The first-order chi connectivity index (χ1) is 15.1. The van der Waals surface area contributed by atoms with E-state index in [2.05, 4.69) is 20.8 Å². The van der Waals surface area contributed by atoms with E-state index in [0.29, 0.717) is 60.6 Å². The van der Waals surface area contributed by atoms with E-state index < -0.39 is 0 Å². The number of fused-ring (bicyclic) bond motifs is 5. The van der Waals surface area contributed by atoms with Crippen molar-refractivity contribution in [3.05, 3.63) is 0 Å². The Kier molecular flexibility index (Phi) is 6.50. The van der Waals surface area contributed by atoms with Crippen molar-refractivity contribution < 1.29 is 23.9 Å². The summed E-state index contributed by atoms with van der Waals surface area (Å²) in [5.74, 6) is 2.96. The maximum Gasteiger partial charge on any atom is 0.305 e. The lowest BCUT2D eigenvalue weighted by Crippen LogP contribution is -2.59. The highest BCUT2D eigenvalue weighted by atomic mass is 16.5. The first kappa shape index (κ1) is 23.8. The molecule has 32 heavy (non-hydrogen) atoms. The normalized spacial score (nSPS) is 44.1. The second-order valence-electron chi connectivity index (χ2n) is 11.9. The number of esters is 2. The van der Waals surface area contributed by atoms with Crippen LogP contribution in [0, 0.1) is 46.3 Å². The Labute approximate surface area is 193 Å². The lowest BCUT2D eigenvalue weighted by molar-refractivity contribution is -0.189. The van der Waals surface area contributed by atoms with Gasteiger partial charge in [-0.15, -0.1) is 0 Å². The van der Waals surface area contributed by atoms with E-state index in [-0.39, 0.29) is 28.9 Å². The van der Waals surface area contributed by atoms with Gasteiger partial charge in [-0.25, -0.2) is 0 Å². The summed E-state index contributed by atoms with van der Waals surface area (Å²) in [7, 11) is 1.46. The molecule has 0 saturated heterocycles. The molecule has 4 fully saturated rings. The highest BCUT2D eigenvalue weighted by Crippen LogP contribution is 2.68. The summed E-state index contributed by atoms with van der Waals surface area (Å²) >= 11 is 0. The lowest BCUT2D eigenvalue weighted by atomic mass is 9.43. The van der Waals surface area contributed by atoms with Crippen LogP contribution in [0.15, 0.2) is 0 Å². The average molecular weight is 447 g/mol. The number of carbonyl (C=O) groups is 3. The maximum absolute atomic E-state index is 12.3. The minimum absolute atomic E-state index is 0.0600. The van der Waals surface area contributed by atoms with Crippen LogP contribution in [0.4, 0.5) is 0 Å². The topological polar surface area (TPSA) is 69.7 Å². The molecule has 0 aromatic heterocycles. The highest BCUT2D eigenvalue weighted by Gasteiger charge is 2.63. The standard InChI is InChI=1S/C27H42O5/c1-16(6-9-24(30)31-5)20-7-8-21-25-22(11-13-27(20,21)4)26(3)12-10-19(29)14-18(26)15-23(25)32-17(2)28/h16,18,20-23,25H,6-15H2,1-5H3. The van der Waals surface area contributed by atoms with Crippen molar-refractivity contribution in [2.75, 3.05) is 7.11 Å². The van der Waals surface area contributed by atoms with Crippen molar-refractivity contribution in [2.45, 2.75) is 98.0 Å². The number of ether oxygens (including phenoxy) is 2. The molecular formula is C27H42O5. The van der Waals surface area contributed by atoms with E-state index in [1.165, 1.54) is 33.3 Å². The molecule has 0 spiro atoms. The Balaban J connectivity index is 1.60. The van der Waals surface area contributed by atoms with Gasteiger partial charge in [0.15, 0.2) is 0 Å². The van der Waals surface area contributed by atoms with Gasteiger partial charge in [-0.2, -0.15) is 0 Å². The van der Waals surface area contributed by atoms with Crippen LogP contribution in [-0.2, 0) is 23.9 Å². The van der Waals surface area contributed by atoms with Gasteiger partial charge < -0.3 is 9.47 Å². The van der Waals surface area contributed by atoms with Gasteiger partial charge >= 0.3 is 11.9 Å². The van der Waals surface area contributed by atoms with Gasteiger partial charge in [-0.3, -0.25) is 14.4 Å². The van der Waals surface area contributed by atoms with Crippen molar-refractivity contribution in [3.63, 3.8) is 0 Å². The fraction of sp³-hybridized carbons (Fsp3) is 0.889. The van der Waals surface area contributed by atoms with Crippen LogP contribution in [-0.4, -0.2) is 30.9 Å². The number of methoxy groups -OCH3 is 1. The summed E-state index contributed by atoms with van der Waals surface area (Å²) in [6.45, 7) is 8.74. The zero-order valence-electron chi connectivity index (χ0n) is 20.7. The monoisotopic (exact) mass is 446 g/mol. The quantitative estimate of drug-likeness (QED) is 0.533. The maximum atomic E-state index is 12.3. The van der Waals surface area contributed by atoms with Crippen LogP contribution >= 0.6 is 0 Å². The second kappa shape index (κ2) is 8.76. The lowest BCUT2D eigenvalue weighted by Gasteiger charge is -2.62. The van der Waals surface area contributed by atoms with Crippen molar-refractivity contribution in [1.82, 2.24) is 0 Å². The minimum atomic E-state index is -0.187. The molecule has 0 N–H and O–H groups in total. The Hall–Kier alpha value is -1.39. The zero-order valence-corrected chi connectivity index (χ0v) is 20.7. The van der Waals surface area contributed by atoms with E-state index in [1.807, 2.05) is 0 Å². The number of ketones is 1. The van der Waals surface area contributed by atoms with Crippen LogP contribution in [0.25, 0.3) is 0 Å². The first-order valence-electron chi connectivity index (χ1n) is 12.9. The number of hydrogen-bond acceptors (Lipinski definition) is 5. The van der Waals surface area contributed by atoms with Crippen molar-refractivity contribution in [1.29, 1.82) is 0 Å². The van der Waals surface area contributed by atoms with Gasteiger partial charge in [0, 0.05) is 32.1 Å². The zero-order chi connectivity index (χ0) is 23.3. The molecule has 0 aromatic rings. The molecule has 4 rings (SSSR count). The molecule has 5 nitrogen and oxygen atoms in total. The van der Waals surface area contributed by atoms with Crippen molar-refractivity contribution >= 4 is 17.7 Å².